The fourth-order valence-corrected chi connectivity index (χ4v) is 3.11. The number of nitrogens with one attached hydrogen (secondary N) is 1. The Morgan fingerprint density at radius 1 is 1.45 bits per heavy atom. The van der Waals surface area contributed by atoms with Crippen LogP contribution in [0.3, 0.4) is 0 Å². The lowest BCUT2D eigenvalue weighted by molar-refractivity contribution is 0.0324. The first kappa shape index (κ1) is 17.3. The maximum atomic E-state index is 13.5. The lowest BCUT2D eigenvalue weighted by Gasteiger charge is -2.34. The molecule has 2 amide bonds. The Morgan fingerprint density at radius 3 is 2.68 bits per heavy atom. The molecule has 0 aromatic heterocycles. The number of hydrogen-bond donors (Lipinski definition) is 2. The van der Waals surface area contributed by atoms with Crippen molar-refractivity contribution in [3.63, 3.8) is 0 Å². The van der Waals surface area contributed by atoms with Gasteiger partial charge in [-0.3, -0.25) is 0 Å². The SMILES string of the molecule is C[C@@H](NC(=O)N(C)CC1CC(O)C1)c1cc(F)c(Cl)cc1Cl. The van der Waals surface area contributed by atoms with Gasteiger partial charge in [0, 0.05) is 18.6 Å². The van der Waals surface area contributed by atoms with E-state index in [1.165, 1.54) is 12.1 Å². The topological polar surface area (TPSA) is 52.6 Å². The van der Waals surface area contributed by atoms with Crippen molar-refractivity contribution in [3.8, 4) is 0 Å². The largest absolute Gasteiger partial charge is 0.393 e. The van der Waals surface area contributed by atoms with Gasteiger partial charge in [0.15, 0.2) is 0 Å². The third-order valence-corrected chi connectivity index (χ3v) is 4.55. The molecule has 22 heavy (non-hydrogen) atoms. The van der Waals surface area contributed by atoms with Crippen molar-refractivity contribution in [3.05, 3.63) is 33.6 Å². The third kappa shape index (κ3) is 4.03. The standard InChI is InChI=1S/C15H19Cl2FN2O2/c1-8(11-5-14(18)13(17)6-12(11)16)19-15(22)20(2)7-9-3-10(21)4-9/h5-6,8-10,21H,3-4,7H2,1-2H3,(H,19,22)/t8-,9?,10?/m1/s1. The molecule has 0 radical (unpaired) electrons. The van der Waals surface area contributed by atoms with Crippen LogP contribution in [0.25, 0.3) is 0 Å². The molecule has 2 N–H and O–H groups in total. The molecule has 1 atom stereocenters. The van der Waals surface area contributed by atoms with E-state index in [-0.39, 0.29) is 17.2 Å². The Labute approximate surface area is 139 Å². The summed E-state index contributed by atoms with van der Waals surface area (Å²) in [6, 6.07) is 1.86. The average molecular weight is 349 g/mol. The number of aliphatic hydroxyl groups is 1. The summed E-state index contributed by atoms with van der Waals surface area (Å²) in [6.45, 7) is 2.31. The van der Waals surface area contributed by atoms with Crippen molar-refractivity contribution in [2.45, 2.75) is 31.9 Å². The molecule has 7 heteroatoms. The highest BCUT2D eigenvalue weighted by Gasteiger charge is 2.29. The summed E-state index contributed by atoms with van der Waals surface area (Å²) in [4.78, 5) is 13.7. The van der Waals surface area contributed by atoms with Crippen LogP contribution in [0.5, 0.6) is 0 Å². The quantitative estimate of drug-likeness (QED) is 0.816. The van der Waals surface area contributed by atoms with Crippen LogP contribution >= 0.6 is 23.2 Å². The Bertz CT molecular complexity index is 565. The van der Waals surface area contributed by atoms with Crippen molar-refractivity contribution in [2.24, 2.45) is 5.92 Å². The second kappa shape index (κ2) is 7.02. The van der Waals surface area contributed by atoms with Gasteiger partial charge in [0.25, 0.3) is 0 Å². The van der Waals surface area contributed by atoms with E-state index in [0.717, 1.165) is 12.8 Å². The molecule has 0 unspecified atom stereocenters. The number of carbonyl (C=O) groups excluding carboxylic acids is 1. The zero-order valence-electron chi connectivity index (χ0n) is 12.4. The van der Waals surface area contributed by atoms with Crippen LogP contribution in [0.4, 0.5) is 9.18 Å². The van der Waals surface area contributed by atoms with E-state index in [2.05, 4.69) is 5.32 Å². The zero-order valence-corrected chi connectivity index (χ0v) is 14.0. The summed E-state index contributed by atoms with van der Waals surface area (Å²) in [5.41, 5.74) is 0.476. The minimum atomic E-state index is -0.570. The lowest BCUT2D eigenvalue weighted by atomic mass is 9.82. The van der Waals surface area contributed by atoms with Crippen molar-refractivity contribution < 1.29 is 14.3 Å². The summed E-state index contributed by atoms with van der Waals surface area (Å²) in [5, 5.41) is 12.3. The van der Waals surface area contributed by atoms with Crippen molar-refractivity contribution in [1.82, 2.24) is 10.2 Å². The molecule has 1 aliphatic rings. The molecule has 0 saturated heterocycles. The highest BCUT2D eigenvalue weighted by Crippen LogP contribution is 2.29. The van der Waals surface area contributed by atoms with Gasteiger partial charge in [0.1, 0.15) is 5.82 Å². The molecule has 0 heterocycles. The van der Waals surface area contributed by atoms with Gasteiger partial charge >= 0.3 is 6.03 Å². The fraction of sp³-hybridized carbons (Fsp3) is 0.533. The molecular formula is C15H19Cl2FN2O2. The molecule has 1 saturated carbocycles. The molecule has 2 rings (SSSR count). The van der Waals surface area contributed by atoms with Crippen molar-refractivity contribution in [1.29, 1.82) is 0 Å². The number of rotatable bonds is 4. The van der Waals surface area contributed by atoms with E-state index >= 15 is 0 Å². The first-order valence-corrected chi connectivity index (χ1v) is 7.87. The van der Waals surface area contributed by atoms with Gasteiger partial charge < -0.3 is 15.3 Å². The Balaban J connectivity index is 1.94. The second-order valence-electron chi connectivity index (χ2n) is 5.83. The van der Waals surface area contributed by atoms with Crippen LogP contribution in [0, 0.1) is 11.7 Å². The molecule has 122 valence electrons. The van der Waals surface area contributed by atoms with Crippen LogP contribution in [-0.4, -0.2) is 35.7 Å². The molecule has 0 spiro atoms. The zero-order chi connectivity index (χ0) is 16.4. The average Bonchev–Trinajstić information content (AvgIpc) is 2.40. The van der Waals surface area contributed by atoms with Gasteiger partial charge in [-0.15, -0.1) is 0 Å². The monoisotopic (exact) mass is 348 g/mol. The maximum Gasteiger partial charge on any atom is 0.317 e. The van der Waals surface area contributed by atoms with Gasteiger partial charge in [-0.2, -0.15) is 0 Å². The van der Waals surface area contributed by atoms with Crippen LogP contribution in [0.1, 0.15) is 31.4 Å². The minimum Gasteiger partial charge on any atom is -0.393 e. The van der Waals surface area contributed by atoms with Gasteiger partial charge in [0.05, 0.1) is 17.2 Å². The van der Waals surface area contributed by atoms with Gasteiger partial charge in [-0.1, -0.05) is 23.2 Å². The molecule has 1 aromatic carbocycles. The fourth-order valence-electron chi connectivity index (χ4n) is 2.56. The molecule has 1 fully saturated rings. The van der Waals surface area contributed by atoms with Gasteiger partial charge in [0.2, 0.25) is 0 Å². The number of hydrogen-bond acceptors (Lipinski definition) is 2. The van der Waals surface area contributed by atoms with Crippen LogP contribution in [-0.2, 0) is 0 Å². The van der Waals surface area contributed by atoms with E-state index in [4.69, 9.17) is 23.2 Å². The molecule has 1 aliphatic carbocycles. The number of amides is 2. The maximum absolute atomic E-state index is 13.5. The number of urea groups is 1. The van der Waals surface area contributed by atoms with E-state index in [9.17, 15) is 14.3 Å². The van der Waals surface area contributed by atoms with E-state index < -0.39 is 11.9 Å². The number of benzene rings is 1. The van der Waals surface area contributed by atoms with E-state index in [1.807, 2.05) is 0 Å². The number of nitrogens with zero attached hydrogens (tertiary/aromatic N) is 1. The van der Waals surface area contributed by atoms with Gasteiger partial charge in [-0.05, 0) is 43.4 Å². The molecule has 0 bridgehead atoms. The number of aliphatic hydroxyl groups excluding tert-OH is 1. The van der Waals surface area contributed by atoms with Crippen LogP contribution < -0.4 is 5.32 Å². The number of halogens is 3. The lowest BCUT2D eigenvalue weighted by Crippen LogP contribution is -2.44. The summed E-state index contributed by atoms with van der Waals surface area (Å²) >= 11 is 11.7. The second-order valence-corrected chi connectivity index (χ2v) is 6.65. The van der Waals surface area contributed by atoms with Crippen molar-refractivity contribution >= 4 is 29.2 Å². The third-order valence-electron chi connectivity index (χ3n) is 3.94. The predicted molar refractivity (Wildman–Crippen MR) is 84.7 cm³/mol. The minimum absolute atomic E-state index is 0.0482. The highest BCUT2D eigenvalue weighted by atomic mass is 35.5. The summed E-state index contributed by atoms with van der Waals surface area (Å²) in [5.74, 6) is -0.239. The van der Waals surface area contributed by atoms with Crippen molar-refractivity contribution in [2.75, 3.05) is 13.6 Å². The summed E-state index contributed by atoms with van der Waals surface area (Å²) in [7, 11) is 1.69. The van der Waals surface area contributed by atoms with Gasteiger partial charge in [-0.25, -0.2) is 9.18 Å². The molecule has 0 aliphatic heterocycles. The Morgan fingerprint density at radius 2 is 2.09 bits per heavy atom. The normalized spacial score (nSPS) is 21.9. The molecule has 4 nitrogen and oxygen atoms in total. The number of carbonyl (C=O) groups is 1. The smallest absolute Gasteiger partial charge is 0.317 e. The highest BCUT2D eigenvalue weighted by molar-refractivity contribution is 6.35. The Kier molecular flexibility index (Phi) is 5.53. The van der Waals surface area contributed by atoms with Crippen LogP contribution in [0.2, 0.25) is 10.0 Å². The molecule has 1 aromatic rings. The molecular weight excluding hydrogens is 330 g/mol. The first-order chi connectivity index (χ1) is 10.3. The predicted octanol–water partition coefficient (Wildman–Crippen LogP) is 3.61. The van der Waals surface area contributed by atoms with E-state index in [1.54, 1.807) is 18.9 Å². The Hall–Kier alpha value is -1.04. The first-order valence-electron chi connectivity index (χ1n) is 7.12. The van der Waals surface area contributed by atoms with E-state index in [0.29, 0.717) is 23.0 Å². The van der Waals surface area contributed by atoms with Crippen LogP contribution in [0.15, 0.2) is 12.1 Å². The summed E-state index contributed by atoms with van der Waals surface area (Å²) in [6.07, 6.45) is 1.21. The summed E-state index contributed by atoms with van der Waals surface area (Å²) < 4.78 is 13.5.